The van der Waals surface area contributed by atoms with E-state index in [1.807, 2.05) is 72.9 Å². The lowest BCUT2D eigenvalue weighted by Gasteiger charge is -2.28. The Morgan fingerprint density at radius 2 is 1.76 bits per heavy atom. The fourth-order valence-corrected chi connectivity index (χ4v) is 6.17. The average Bonchev–Trinajstić information content (AvgIpc) is 3.46. The summed E-state index contributed by atoms with van der Waals surface area (Å²) in [6, 6.07) is 25.9. The molecule has 0 bridgehead atoms. The van der Waals surface area contributed by atoms with Crippen LogP contribution in [0.4, 0.5) is 5.69 Å². The summed E-state index contributed by atoms with van der Waals surface area (Å²) in [5, 5.41) is 9.35. The summed E-state index contributed by atoms with van der Waals surface area (Å²) in [7, 11) is 0. The number of thiocarbonyl (C=S) groups is 1. The van der Waals surface area contributed by atoms with Crippen molar-refractivity contribution < 1.29 is 4.79 Å². The van der Waals surface area contributed by atoms with Gasteiger partial charge in [0.15, 0.2) is 5.11 Å². The number of nitrogens with one attached hydrogen (secondary N) is 2. The van der Waals surface area contributed by atoms with Crippen LogP contribution < -0.4 is 10.6 Å². The number of anilines is 1. The van der Waals surface area contributed by atoms with Crippen LogP contribution in [-0.2, 0) is 4.79 Å². The fraction of sp³-hybridized carbons (Fsp3) is 0.212. The van der Waals surface area contributed by atoms with Gasteiger partial charge in [-0.25, -0.2) is 4.98 Å². The van der Waals surface area contributed by atoms with Crippen molar-refractivity contribution in [1.82, 2.24) is 24.8 Å². The van der Waals surface area contributed by atoms with E-state index >= 15 is 0 Å². The van der Waals surface area contributed by atoms with Gasteiger partial charge in [-0.15, -0.1) is 0 Å². The molecule has 5 aromatic rings. The Bertz CT molecular complexity index is 1740. The second-order valence-electron chi connectivity index (χ2n) is 10.5. The van der Waals surface area contributed by atoms with Crippen LogP contribution in [0.3, 0.4) is 0 Å². The monoisotopic (exact) mass is 560 g/mol. The Hall–Kier alpha value is -4.56. The van der Waals surface area contributed by atoms with E-state index in [2.05, 4.69) is 63.0 Å². The minimum Gasteiger partial charge on any atom is -0.352 e. The number of benzene rings is 2. The van der Waals surface area contributed by atoms with Crippen LogP contribution in [0.2, 0.25) is 0 Å². The normalized spacial score (nSPS) is 16.7. The van der Waals surface area contributed by atoms with Gasteiger partial charge in [0.25, 0.3) is 0 Å². The summed E-state index contributed by atoms with van der Waals surface area (Å²) in [5.74, 6) is 0.828. The number of rotatable bonds is 7. The Labute approximate surface area is 245 Å². The van der Waals surface area contributed by atoms with Crippen molar-refractivity contribution >= 4 is 39.7 Å². The number of fused-ring (bicyclic) bond motifs is 1. The zero-order valence-electron chi connectivity index (χ0n) is 23.3. The Morgan fingerprint density at radius 3 is 2.56 bits per heavy atom. The molecule has 0 spiro atoms. The number of carbonyl (C=O) groups excluding carboxylic acids is 1. The van der Waals surface area contributed by atoms with E-state index < -0.39 is 0 Å². The van der Waals surface area contributed by atoms with Crippen LogP contribution in [0.15, 0.2) is 91.3 Å². The number of carbonyl (C=O) groups is 1. The molecule has 2 N–H and O–H groups in total. The van der Waals surface area contributed by atoms with E-state index in [9.17, 15) is 4.79 Å². The maximum absolute atomic E-state index is 13.2. The van der Waals surface area contributed by atoms with Crippen molar-refractivity contribution in [1.29, 1.82) is 0 Å². The van der Waals surface area contributed by atoms with Crippen molar-refractivity contribution in [2.24, 2.45) is 0 Å². The third kappa shape index (κ3) is 5.18. The van der Waals surface area contributed by atoms with E-state index in [4.69, 9.17) is 12.2 Å². The molecule has 2 atom stereocenters. The predicted octanol–water partition coefficient (Wildman–Crippen LogP) is 6.35. The standard InChI is InChI=1S/C33H32N6OS/c1-21-14-17-35-29(19-21)39-22(2)20-26(23(39)3)32-31(28-12-6-7-16-34-28)37-33(41)38(32)18-15-30(40)36-27-13-8-10-24-9-4-5-11-25(24)27/h4-14,16-17,19-20,31-32H,15,18H2,1-3H3,(H,36,40)(H,37,41). The van der Waals surface area contributed by atoms with E-state index in [1.165, 1.54) is 0 Å². The first kappa shape index (κ1) is 26.7. The highest BCUT2D eigenvalue weighted by molar-refractivity contribution is 7.80. The quantitative estimate of drug-likeness (QED) is 0.226. The first-order chi connectivity index (χ1) is 19.9. The molecule has 3 aromatic heterocycles. The molecule has 8 heteroatoms. The van der Waals surface area contributed by atoms with E-state index in [1.54, 1.807) is 6.20 Å². The summed E-state index contributed by atoms with van der Waals surface area (Å²) in [4.78, 5) is 24.7. The van der Waals surface area contributed by atoms with Crippen LogP contribution in [0.5, 0.6) is 0 Å². The van der Waals surface area contributed by atoms with Crippen molar-refractivity contribution in [2.75, 3.05) is 11.9 Å². The average molecular weight is 561 g/mol. The number of aromatic nitrogens is 3. The van der Waals surface area contributed by atoms with Gasteiger partial charge >= 0.3 is 0 Å². The van der Waals surface area contributed by atoms with Crippen LogP contribution in [0, 0.1) is 20.8 Å². The largest absolute Gasteiger partial charge is 0.352 e. The Morgan fingerprint density at radius 1 is 0.951 bits per heavy atom. The number of nitrogens with zero attached hydrogens (tertiary/aromatic N) is 4. The number of hydrogen-bond acceptors (Lipinski definition) is 4. The van der Waals surface area contributed by atoms with Crippen LogP contribution in [0.1, 0.15) is 46.7 Å². The van der Waals surface area contributed by atoms with Gasteiger partial charge in [0.2, 0.25) is 5.91 Å². The third-order valence-corrected chi connectivity index (χ3v) is 8.11. The number of amides is 1. The molecule has 41 heavy (non-hydrogen) atoms. The van der Waals surface area contributed by atoms with Crippen LogP contribution in [0.25, 0.3) is 16.6 Å². The Kier molecular flexibility index (Phi) is 7.24. The summed E-state index contributed by atoms with van der Waals surface area (Å²) in [6.45, 7) is 6.75. The molecule has 6 rings (SSSR count). The predicted molar refractivity (Wildman–Crippen MR) is 167 cm³/mol. The highest BCUT2D eigenvalue weighted by Gasteiger charge is 2.41. The van der Waals surface area contributed by atoms with E-state index in [0.29, 0.717) is 11.7 Å². The highest BCUT2D eigenvalue weighted by Crippen LogP contribution is 2.41. The van der Waals surface area contributed by atoms with Crippen molar-refractivity contribution in [3.63, 3.8) is 0 Å². The first-order valence-electron chi connectivity index (χ1n) is 13.8. The Balaban J connectivity index is 1.31. The molecule has 206 valence electrons. The molecule has 0 aliphatic carbocycles. The van der Waals surface area contributed by atoms with Gasteiger partial charge in [0.1, 0.15) is 5.82 Å². The van der Waals surface area contributed by atoms with Gasteiger partial charge in [-0.2, -0.15) is 0 Å². The van der Waals surface area contributed by atoms with E-state index in [-0.39, 0.29) is 24.4 Å². The van der Waals surface area contributed by atoms with Crippen molar-refractivity contribution in [3.8, 4) is 5.82 Å². The molecule has 2 aromatic carbocycles. The molecule has 1 amide bonds. The van der Waals surface area contributed by atoms with Gasteiger partial charge in [0.05, 0.1) is 17.8 Å². The lowest BCUT2D eigenvalue weighted by atomic mass is 9.96. The second-order valence-corrected chi connectivity index (χ2v) is 10.9. The van der Waals surface area contributed by atoms with Crippen molar-refractivity contribution in [2.45, 2.75) is 39.3 Å². The minimum atomic E-state index is -0.163. The lowest BCUT2D eigenvalue weighted by molar-refractivity contribution is -0.116. The zero-order valence-corrected chi connectivity index (χ0v) is 24.2. The second kappa shape index (κ2) is 11.1. The molecule has 4 heterocycles. The molecule has 2 unspecified atom stereocenters. The fourth-order valence-electron chi connectivity index (χ4n) is 5.84. The van der Waals surface area contributed by atoms with Gasteiger partial charge in [-0.05, 0) is 85.9 Å². The van der Waals surface area contributed by atoms with Gasteiger partial charge in [-0.3, -0.25) is 9.78 Å². The number of pyridine rings is 2. The number of aryl methyl sites for hydroxylation is 2. The molecule has 1 fully saturated rings. The molecule has 1 saturated heterocycles. The zero-order chi connectivity index (χ0) is 28.5. The molecule has 0 saturated carbocycles. The third-order valence-electron chi connectivity index (χ3n) is 7.76. The molecule has 0 radical (unpaired) electrons. The molecule has 1 aliphatic rings. The summed E-state index contributed by atoms with van der Waals surface area (Å²) in [6.07, 6.45) is 3.93. The van der Waals surface area contributed by atoms with Gasteiger partial charge < -0.3 is 20.1 Å². The van der Waals surface area contributed by atoms with E-state index in [0.717, 1.165) is 50.5 Å². The van der Waals surface area contributed by atoms with Crippen LogP contribution in [-0.4, -0.2) is 37.0 Å². The highest BCUT2D eigenvalue weighted by atomic mass is 32.1. The SMILES string of the molecule is Cc1ccnc(-n2c(C)cc(C3C(c4ccccn4)NC(=S)N3CCC(=O)Nc3cccc4ccccc34)c2C)c1. The lowest BCUT2D eigenvalue weighted by Crippen LogP contribution is -2.33. The molecular weight excluding hydrogens is 528 g/mol. The first-order valence-corrected chi connectivity index (χ1v) is 14.2. The maximum Gasteiger partial charge on any atom is 0.226 e. The maximum atomic E-state index is 13.2. The van der Waals surface area contributed by atoms with Crippen LogP contribution >= 0.6 is 12.2 Å². The summed E-state index contributed by atoms with van der Waals surface area (Å²) < 4.78 is 2.19. The molecular formula is C33H32N6OS. The molecule has 7 nitrogen and oxygen atoms in total. The number of hydrogen-bond donors (Lipinski definition) is 2. The minimum absolute atomic E-state index is 0.0568. The van der Waals surface area contributed by atoms with Gasteiger partial charge in [-0.1, -0.05) is 42.5 Å². The molecule has 1 aliphatic heterocycles. The summed E-state index contributed by atoms with van der Waals surface area (Å²) >= 11 is 5.87. The summed E-state index contributed by atoms with van der Waals surface area (Å²) in [5.41, 5.74) is 6.17. The topological polar surface area (TPSA) is 75.1 Å². The van der Waals surface area contributed by atoms with Crippen molar-refractivity contribution in [3.05, 3.63) is 119 Å². The smallest absolute Gasteiger partial charge is 0.226 e. The van der Waals surface area contributed by atoms with Gasteiger partial charge in [0, 0.05) is 47.8 Å².